The zero-order valence-electron chi connectivity index (χ0n) is 12.4. The molecule has 0 aliphatic rings. The number of aliphatic hydroxyl groups is 1. The molecule has 0 spiro atoms. The molecule has 0 aromatic heterocycles. The smallest absolute Gasteiger partial charge is 0.0684 e. The third kappa shape index (κ3) is 3.93. The van der Waals surface area contributed by atoms with Crippen LogP contribution in [0.2, 0.25) is 0 Å². The van der Waals surface area contributed by atoms with E-state index in [1.54, 1.807) is 0 Å². The molecule has 0 heterocycles. The van der Waals surface area contributed by atoms with Crippen LogP contribution in [0.5, 0.6) is 0 Å². The van der Waals surface area contributed by atoms with Gasteiger partial charge in [-0.3, -0.25) is 0 Å². The summed E-state index contributed by atoms with van der Waals surface area (Å²) in [5.74, 6) is 0.318. The van der Waals surface area contributed by atoms with E-state index < -0.39 is 0 Å². The Morgan fingerprint density at radius 3 is 2.32 bits per heavy atom. The minimum Gasteiger partial charge on any atom is -0.392 e. The van der Waals surface area contributed by atoms with Gasteiger partial charge in [-0.25, -0.2) is 0 Å². The van der Waals surface area contributed by atoms with Crippen molar-refractivity contribution in [2.24, 2.45) is 0 Å². The van der Waals surface area contributed by atoms with Crippen LogP contribution in [0, 0.1) is 6.92 Å². The molecule has 1 N–H and O–H groups in total. The van der Waals surface area contributed by atoms with Gasteiger partial charge in [0.15, 0.2) is 0 Å². The van der Waals surface area contributed by atoms with Crippen LogP contribution in [0.3, 0.4) is 0 Å². The maximum Gasteiger partial charge on any atom is 0.0684 e. The van der Waals surface area contributed by atoms with Gasteiger partial charge in [0, 0.05) is 5.92 Å². The lowest BCUT2D eigenvalue weighted by atomic mass is 9.89. The van der Waals surface area contributed by atoms with Crippen molar-refractivity contribution in [2.75, 3.05) is 0 Å². The number of aryl methyl sites for hydroxylation is 1. The van der Waals surface area contributed by atoms with Crippen LogP contribution in [-0.2, 0) is 6.61 Å². The van der Waals surface area contributed by atoms with Gasteiger partial charge >= 0.3 is 0 Å². The Labute approximate surface area is 116 Å². The summed E-state index contributed by atoms with van der Waals surface area (Å²) in [4.78, 5) is 0. The van der Waals surface area contributed by atoms with Crippen LogP contribution in [0.15, 0.2) is 48.5 Å². The molecule has 19 heavy (non-hydrogen) atoms. The van der Waals surface area contributed by atoms with Gasteiger partial charge in [-0.2, -0.15) is 0 Å². The van der Waals surface area contributed by atoms with E-state index in [-0.39, 0.29) is 6.61 Å². The summed E-state index contributed by atoms with van der Waals surface area (Å²) < 4.78 is 0. The summed E-state index contributed by atoms with van der Waals surface area (Å²) in [6, 6.07) is 16.6. The number of hydrogen-bond acceptors (Lipinski definition) is 1. The van der Waals surface area contributed by atoms with Crippen LogP contribution in [0.1, 0.15) is 48.9 Å². The molecule has 0 saturated carbocycles. The molecule has 0 radical (unpaired) electrons. The molecule has 0 bridgehead atoms. The quantitative estimate of drug-likeness (QED) is 0.846. The van der Waals surface area contributed by atoms with E-state index >= 15 is 0 Å². The van der Waals surface area contributed by atoms with Crippen LogP contribution in [-0.4, -0.2) is 5.11 Å². The minimum absolute atomic E-state index is 0.104. The summed E-state index contributed by atoms with van der Waals surface area (Å²) in [7, 11) is 0. The molecular weight excluding hydrogens is 232 g/mol. The molecule has 2 aromatic carbocycles. The molecule has 1 unspecified atom stereocenters. The topological polar surface area (TPSA) is 20.2 Å². The number of hydrogen-bond donors (Lipinski definition) is 1. The number of aliphatic hydroxyl groups excluding tert-OH is 1. The van der Waals surface area contributed by atoms with Gasteiger partial charge in [0.25, 0.3) is 0 Å². The van der Waals surface area contributed by atoms with Crippen LogP contribution < -0.4 is 0 Å². The fourth-order valence-corrected chi connectivity index (χ4v) is 2.22. The molecule has 0 aliphatic heterocycles. The lowest BCUT2D eigenvalue weighted by Gasteiger charge is -2.16. The number of rotatable bonds is 3. The Bertz CT molecular complexity index is 503. The van der Waals surface area contributed by atoms with E-state index in [1.165, 1.54) is 16.7 Å². The molecule has 0 fully saturated rings. The van der Waals surface area contributed by atoms with E-state index in [9.17, 15) is 5.11 Å². The Kier molecular flexibility index (Phi) is 6.31. The second-order valence-electron chi connectivity index (χ2n) is 4.49. The maximum atomic E-state index is 9.37. The van der Waals surface area contributed by atoms with E-state index in [1.807, 2.05) is 32.0 Å². The largest absolute Gasteiger partial charge is 0.392 e. The second-order valence-corrected chi connectivity index (χ2v) is 4.49. The second kappa shape index (κ2) is 7.75. The lowest BCUT2D eigenvalue weighted by molar-refractivity contribution is 0.280. The predicted molar refractivity (Wildman–Crippen MR) is 82.4 cm³/mol. The summed E-state index contributed by atoms with van der Waals surface area (Å²) in [6.45, 7) is 8.39. The van der Waals surface area contributed by atoms with E-state index in [4.69, 9.17) is 0 Å². The van der Waals surface area contributed by atoms with Crippen molar-refractivity contribution in [1.82, 2.24) is 0 Å². The van der Waals surface area contributed by atoms with E-state index in [2.05, 4.69) is 44.2 Å². The standard InChI is InChI=1S/C16H18O.C2H6/c1-12-6-5-8-14(10-12)13(2)16-9-4-3-7-15(16)11-17;1-2/h3-10,13,17H,11H2,1-2H3;1-2H3. The number of benzene rings is 2. The molecule has 1 atom stereocenters. The molecule has 1 nitrogen and oxygen atoms in total. The van der Waals surface area contributed by atoms with E-state index in [0.717, 1.165) is 5.56 Å². The summed E-state index contributed by atoms with van der Waals surface area (Å²) in [6.07, 6.45) is 0. The summed E-state index contributed by atoms with van der Waals surface area (Å²) >= 11 is 0. The molecule has 2 rings (SSSR count). The van der Waals surface area contributed by atoms with Crippen LogP contribution >= 0.6 is 0 Å². The van der Waals surface area contributed by atoms with Crippen molar-refractivity contribution < 1.29 is 5.11 Å². The zero-order valence-corrected chi connectivity index (χ0v) is 12.4. The van der Waals surface area contributed by atoms with Gasteiger partial charge in [-0.15, -0.1) is 0 Å². The van der Waals surface area contributed by atoms with Crippen LogP contribution in [0.4, 0.5) is 0 Å². The highest BCUT2D eigenvalue weighted by atomic mass is 16.3. The highest BCUT2D eigenvalue weighted by Gasteiger charge is 2.11. The van der Waals surface area contributed by atoms with Gasteiger partial charge in [-0.05, 0) is 23.6 Å². The fourth-order valence-electron chi connectivity index (χ4n) is 2.22. The third-order valence-corrected chi connectivity index (χ3v) is 3.23. The highest BCUT2D eigenvalue weighted by Crippen LogP contribution is 2.27. The normalized spacial score (nSPS) is 11.4. The molecule has 0 aliphatic carbocycles. The first kappa shape index (κ1) is 15.5. The maximum absolute atomic E-state index is 9.37. The molecule has 2 aromatic rings. The molecule has 1 heteroatoms. The zero-order chi connectivity index (χ0) is 14.3. The first-order valence-corrected chi connectivity index (χ1v) is 6.97. The monoisotopic (exact) mass is 256 g/mol. The first-order chi connectivity index (χ1) is 9.22. The van der Waals surface area contributed by atoms with Crippen molar-refractivity contribution in [3.8, 4) is 0 Å². The van der Waals surface area contributed by atoms with Crippen molar-refractivity contribution in [3.63, 3.8) is 0 Å². The Morgan fingerprint density at radius 1 is 1.00 bits per heavy atom. The average molecular weight is 256 g/mol. The van der Waals surface area contributed by atoms with Gasteiger partial charge in [0.1, 0.15) is 0 Å². The summed E-state index contributed by atoms with van der Waals surface area (Å²) in [5.41, 5.74) is 4.80. The Balaban J connectivity index is 0.000000861. The van der Waals surface area contributed by atoms with Crippen molar-refractivity contribution in [2.45, 2.75) is 40.2 Å². The lowest BCUT2D eigenvalue weighted by Crippen LogP contribution is -2.01. The fraction of sp³-hybridized carbons (Fsp3) is 0.333. The Hall–Kier alpha value is -1.60. The van der Waals surface area contributed by atoms with Gasteiger partial charge < -0.3 is 5.11 Å². The highest BCUT2D eigenvalue weighted by molar-refractivity contribution is 5.38. The Morgan fingerprint density at radius 2 is 1.68 bits per heavy atom. The first-order valence-electron chi connectivity index (χ1n) is 6.97. The van der Waals surface area contributed by atoms with Gasteiger partial charge in [-0.1, -0.05) is 74.9 Å². The molecule has 0 amide bonds. The van der Waals surface area contributed by atoms with E-state index in [0.29, 0.717) is 5.92 Å². The van der Waals surface area contributed by atoms with Crippen molar-refractivity contribution in [3.05, 3.63) is 70.8 Å². The van der Waals surface area contributed by atoms with Gasteiger partial charge in [0.05, 0.1) is 6.61 Å². The molecular formula is C18H24O. The predicted octanol–water partition coefficient (Wildman–Crippen LogP) is 4.67. The average Bonchev–Trinajstić information content (AvgIpc) is 2.48. The molecule has 102 valence electrons. The van der Waals surface area contributed by atoms with Gasteiger partial charge in [0.2, 0.25) is 0 Å². The van der Waals surface area contributed by atoms with Crippen LogP contribution in [0.25, 0.3) is 0 Å². The SMILES string of the molecule is CC.Cc1cccc(C(C)c2ccccc2CO)c1. The molecule has 0 saturated heterocycles. The third-order valence-electron chi connectivity index (χ3n) is 3.23. The summed E-state index contributed by atoms with van der Waals surface area (Å²) in [5, 5.41) is 9.37. The van der Waals surface area contributed by atoms with Crippen molar-refractivity contribution >= 4 is 0 Å². The van der Waals surface area contributed by atoms with Crippen molar-refractivity contribution in [1.29, 1.82) is 0 Å². The minimum atomic E-state index is 0.104.